The standard InChI is InChI=1S/C14H13BrF3NOS/c15-11-4-5-21-13(11)12(20)10(7-19)8-2-1-3-9(6-8)14(16,17)18/h1-6,10,12,20H,7,19H2. The Morgan fingerprint density at radius 2 is 2.00 bits per heavy atom. The largest absolute Gasteiger partial charge is 0.416 e. The third-order valence-corrected chi connectivity index (χ3v) is 5.13. The van der Waals surface area contributed by atoms with Crippen LogP contribution < -0.4 is 5.73 Å². The van der Waals surface area contributed by atoms with Crippen LogP contribution >= 0.6 is 27.3 Å². The maximum absolute atomic E-state index is 12.8. The van der Waals surface area contributed by atoms with Crippen LogP contribution in [-0.2, 0) is 6.18 Å². The van der Waals surface area contributed by atoms with E-state index in [1.165, 1.54) is 17.4 Å². The Labute approximate surface area is 132 Å². The van der Waals surface area contributed by atoms with Gasteiger partial charge in [-0.1, -0.05) is 18.2 Å². The number of hydrogen-bond donors (Lipinski definition) is 2. The third kappa shape index (κ3) is 3.66. The molecular formula is C14H13BrF3NOS. The van der Waals surface area contributed by atoms with E-state index in [9.17, 15) is 18.3 Å². The van der Waals surface area contributed by atoms with Crippen LogP contribution in [0.25, 0.3) is 0 Å². The van der Waals surface area contributed by atoms with Crippen LogP contribution in [0.3, 0.4) is 0 Å². The van der Waals surface area contributed by atoms with Crippen molar-refractivity contribution in [1.29, 1.82) is 0 Å². The number of aliphatic hydroxyl groups is 1. The molecule has 0 saturated heterocycles. The van der Waals surface area contributed by atoms with E-state index in [1.54, 1.807) is 17.5 Å². The molecule has 3 N–H and O–H groups in total. The molecule has 2 aromatic rings. The monoisotopic (exact) mass is 379 g/mol. The van der Waals surface area contributed by atoms with Crippen LogP contribution in [0.15, 0.2) is 40.2 Å². The molecule has 0 bridgehead atoms. The van der Waals surface area contributed by atoms with Crippen LogP contribution in [0.2, 0.25) is 0 Å². The second-order valence-corrected chi connectivity index (χ2v) is 6.35. The quantitative estimate of drug-likeness (QED) is 0.831. The van der Waals surface area contributed by atoms with Gasteiger partial charge in [0.25, 0.3) is 0 Å². The lowest BCUT2D eigenvalue weighted by molar-refractivity contribution is -0.137. The zero-order valence-electron chi connectivity index (χ0n) is 10.8. The smallest absolute Gasteiger partial charge is 0.387 e. The number of hydrogen-bond acceptors (Lipinski definition) is 3. The molecule has 114 valence electrons. The highest BCUT2D eigenvalue weighted by Crippen LogP contribution is 2.39. The van der Waals surface area contributed by atoms with Gasteiger partial charge in [0, 0.05) is 21.8 Å². The Bertz CT molecular complexity index is 614. The molecule has 0 aliphatic rings. The number of benzene rings is 1. The summed E-state index contributed by atoms with van der Waals surface area (Å²) in [6.07, 6.45) is -5.36. The van der Waals surface area contributed by atoms with Gasteiger partial charge in [0.05, 0.1) is 11.7 Å². The summed E-state index contributed by atoms with van der Waals surface area (Å²) in [5, 5.41) is 12.2. The summed E-state index contributed by atoms with van der Waals surface area (Å²) < 4.78 is 39.1. The summed E-state index contributed by atoms with van der Waals surface area (Å²) >= 11 is 4.64. The van der Waals surface area contributed by atoms with Crippen LogP contribution in [-0.4, -0.2) is 11.7 Å². The molecule has 2 rings (SSSR count). The van der Waals surface area contributed by atoms with Crippen LogP contribution in [0.1, 0.15) is 28.0 Å². The lowest BCUT2D eigenvalue weighted by Crippen LogP contribution is -2.20. The number of alkyl halides is 3. The van der Waals surface area contributed by atoms with Crippen molar-refractivity contribution in [3.63, 3.8) is 0 Å². The first-order chi connectivity index (χ1) is 9.84. The Morgan fingerprint density at radius 3 is 2.52 bits per heavy atom. The van der Waals surface area contributed by atoms with Crippen molar-refractivity contribution in [3.8, 4) is 0 Å². The van der Waals surface area contributed by atoms with Crippen molar-refractivity contribution in [2.75, 3.05) is 6.54 Å². The second kappa shape index (κ2) is 6.48. The number of aliphatic hydroxyl groups excluding tert-OH is 1. The zero-order chi connectivity index (χ0) is 15.6. The highest BCUT2D eigenvalue weighted by molar-refractivity contribution is 9.10. The predicted octanol–water partition coefficient (Wildman–Crippen LogP) is 4.31. The van der Waals surface area contributed by atoms with Gasteiger partial charge in [0.2, 0.25) is 0 Å². The first kappa shape index (κ1) is 16.5. The van der Waals surface area contributed by atoms with Gasteiger partial charge in [-0.3, -0.25) is 0 Å². The molecule has 0 spiro atoms. The van der Waals surface area contributed by atoms with E-state index >= 15 is 0 Å². The SMILES string of the molecule is NCC(c1cccc(C(F)(F)F)c1)C(O)c1sccc1Br. The lowest BCUT2D eigenvalue weighted by atomic mass is 9.91. The average molecular weight is 380 g/mol. The molecule has 0 aliphatic carbocycles. The topological polar surface area (TPSA) is 46.2 Å². The Hall–Kier alpha value is -0.890. The second-order valence-electron chi connectivity index (χ2n) is 4.54. The van der Waals surface area contributed by atoms with Gasteiger partial charge >= 0.3 is 6.18 Å². The lowest BCUT2D eigenvalue weighted by Gasteiger charge is -2.22. The molecule has 0 aliphatic heterocycles. The first-order valence-electron chi connectivity index (χ1n) is 6.12. The van der Waals surface area contributed by atoms with Gasteiger partial charge in [-0.25, -0.2) is 0 Å². The Balaban J connectivity index is 2.36. The Kier molecular flexibility index (Phi) is 5.08. The van der Waals surface area contributed by atoms with Gasteiger partial charge in [0.1, 0.15) is 0 Å². The van der Waals surface area contributed by atoms with Crippen molar-refractivity contribution in [3.05, 3.63) is 56.2 Å². The first-order valence-corrected chi connectivity index (χ1v) is 7.80. The molecule has 7 heteroatoms. The molecule has 21 heavy (non-hydrogen) atoms. The van der Waals surface area contributed by atoms with Gasteiger partial charge in [0.15, 0.2) is 0 Å². The van der Waals surface area contributed by atoms with Gasteiger partial charge in [-0.15, -0.1) is 11.3 Å². The molecule has 0 amide bonds. The highest BCUT2D eigenvalue weighted by atomic mass is 79.9. The minimum atomic E-state index is -4.41. The Morgan fingerprint density at radius 1 is 1.29 bits per heavy atom. The summed E-state index contributed by atoms with van der Waals surface area (Å²) in [4.78, 5) is 0.655. The third-order valence-electron chi connectivity index (χ3n) is 3.19. The molecule has 2 atom stereocenters. The van der Waals surface area contributed by atoms with E-state index in [0.717, 1.165) is 16.6 Å². The van der Waals surface area contributed by atoms with E-state index in [4.69, 9.17) is 5.73 Å². The van der Waals surface area contributed by atoms with E-state index in [1.807, 2.05) is 0 Å². The molecule has 1 aromatic carbocycles. The van der Waals surface area contributed by atoms with Gasteiger partial charge < -0.3 is 10.8 Å². The molecule has 0 radical (unpaired) electrons. The van der Waals surface area contributed by atoms with Crippen LogP contribution in [0, 0.1) is 0 Å². The van der Waals surface area contributed by atoms with Crippen molar-refractivity contribution in [2.24, 2.45) is 5.73 Å². The van der Waals surface area contributed by atoms with Crippen molar-refractivity contribution in [2.45, 2.75) is 18.2 Å². The van der Waals surface area contributed by atoms with E-state index in [0.29, 0.717) is 10.4 Å². The summed E-state index contributed by atoms with van der Waals surface area (Å²) in [6.45, 7) is 0.0484. The summed E-state index contributed by atoms with van der Waals surface area (Å²) in [5.74, 6) is -0.595. The molecule has 1 aromatic heterocycles. The molecule has 2 unspecified atom stereocenters. The average Bonchev–Trinajstić information content (AvgIpc) is 2.85. The maximum Gasteiger partial charge on any atom is 0.416 e. The van der Waals surface area contributed by atoms with Crippen LogP contribution in [0.4, 0.5) is 13.2 Å². The summed E-state index contributed by atoms with van der Waals surface area (Å²) in [5.41, 5.74) is 5.30. The molecule has 1 heterocycles. The zero-order valence-corrected chi connectivity index (χ0v) is 13.2. The minimum absolute atomic E-state index is 0.0484. The van der Waals surface area contributed by atoms with E-state index in [-0.39, 0.29) is 6.54 Å². The molecular weight excluding hydrogens is 367 g/mol. The fourth-order valence-electron chi connectivity index (χ4n) is 2.09. The number of rotatable bonds is 4. The van der Waals surface area contributed by atoms with E-state index in [2.05, 4.69) is 15.9 Å². The maximum atomic E-state index is 12.8. The molecule has 0 fully saturated rings. The molecule has 2 nitrogen and oxygen atoms in total. The fraction of sp³-hybridized carbons (Fsp3) is 0.286. The summed E-state index contributed by atoms with van der Waals surface area (Å²) in [6, 6.07) is 6.71. The number of thiophene rings is 1. The van der Waals surface area contributed by atoms with Crippen molar-refractivity contribution >= 4 is 27.3 Å². The van der Waals surface area contributed by atoms with Crippen molar-refractivity contribution in [1.82, 2.24) is 0 Å². The van der Waals surface area contributed by atoms with Gasteiger partial charge in [-0.05, 0) is 39.0 Å². The van der Waals surface area contributed by atoms with Gasteiger partial charge in [-0.2, -0.15) is 13.2 Å². The highest BCUT2D eigenvalue weighted by Gasteiger charge is 2.32. The minimum Gasteiger partial charge on any atom is -0.387 e. The normalized spacial score (nSPS) is 15.0. The predicted molar refractivity (Wildman–Crippen MR) is 80.2 cm³/mol. The van der Waals surface area contributed by atoms with E-state index < -0.39 is 23.8 Å². The van der Waals surface area contributed by atoms with Crippen molar-refractivity contribution < 1.29 is 18.3 Å². The molecule has 0 saturated carbocycles. The summed E-state index contributed by atoms with van der Waals surface area (Å²) in [7, 11) is 0. The number of nitrogens with two attached hydrogens (primary N) is 1. The number of halogens is 4. The van der Waals surface area contributed by atoms with Crippen LogP contribution in [0.5, 0.6) is 0 Å². The fourth-order valence-corrected chi connectivity index (χ4v) is 3.75.